The topological polar surface area (TPSA) is 189 Å². The summed E-state index contributed by atoms with van der Waals surface area (Å²) in [5, 5.41) is 28.6. The van der Waals surface area contributed by atoms with E-state index in [2.05, 4.69) is 27.2 Å². The maximum absolute atomic E-state index is 14.0. The van der Waals surface area contributed by atoms with Gasteiger partial charge in [-0.25, -0.2) is 32.2 Å². The lowest BCUT2D eigenvalue weighted by atomic mass is 9.79. The highest BCUT2D eigenvalue weighted by atomic mass is 19.1. The Morgan fingerprint density at radius 1 is 0.847 bits per heavy atom. The molecule has 0 radical (unpaired) electrons. The van der Waals surface area contributed by atoms with Crippen molar-refractivity contribution in [2.75, 3.05) is 18.8 Å². The number of amides is 3. The number of nitrogens with two attached hydrogens (primary N) is 1. The molecule has 6 aromatic rings. The number of fused-ring (bicyclic) bond motifs is 1. The summed E-state index contributed by atoms with van der Waals surface area (Å²) in [6.45, 7) is 4.83. The number of nitrogens with one attached hydrogen (secondary N) is 2. The predicted octanol–water partition coefficient (Wildman–Crippen LogP) is 4.21. The van der Waals surface area contributed by atoms with E-state index in [0.29, 0.717) is 46.5 Å². The normalized spacial score (nSPS) is 13.6. The fourth-order valence-electron chi connectivity index (χ4n) is 6.53. The third-order valence-electron chi connectivity index (χ3n) is 9.45. The molecule has 302 valence electrons. The zero-order valence-electron chi connectivity index (χ0n) is 31.3. The average Bonchev–Trinajstić information content (AvgIpc) is 3.65. The van der Waals surface area contributed by atoms with Crippen LogP contribution in [0.25, 0.3) is 22.3 Å². The molecular weight excluding hydrogens is 771 g/mol. The number of hydrogen-bond acceptors (Lipinski definition) is 9. The molecule has 13 nitrogen and oxygen atoms in total. The van der Waals surface area contributed by atoms with Crippen LogP contribution in [0.1, 0.15) is 50.7 Å². The molecule has 1 fully saturated rings. The van der Waals surface area contributed by atoms with E-state index in [4.69, 9.17) is 20.9 Å². The van der Waals surface area contributed by atoms with E-state index < -0.39 is 42.2 Å². The number of carbonyl (C=O) groups excluding carboxylic acids is 3. The van der Waals surface area contributed by atoms with Gasteiger partial charge < -0.3 is 31.3 Å². The van der Waals surface area contributed by atoms with Crippen molar-refractivity contribution in [2.45, 2.75) is 32.0 Å². The number of hydrogen-bond donors (Lipinski definition) is 5. The van der Waals surface area contributed by atoms with Crippen LogP contribution < -0.4 is 21.8 Å². The molecule has 2 aromatic heterocycles. The lowest BCUT2D eigenvalue weighted by Crippen LogP contribution is -2.40. The monoisotopic (exact) mass is 808 g/mol. The van der Waals surface area contributed by atoms with E-state index in [1.54, 1.807) is 33.8 Å². The first-order valence-corrected chi connectivity index (χ1v) is 18.2. The fourth-order valence-corrected chi connectivity index (χ4v) is 6.53. The van der Waals surface area contributed by atoms with Crippen molar-refractivity contribution in [1.82, 2.24) is 35.3 Å². The van der Waals surface area contributed by atoms with Crippen molar-refractivity contribution < 1.29 is 42.0 Å². The standard InChI is InChI=1S/C27H25F2N7O2.C14H12BF2NO3/c1-2-22(37)35-10-4-7-19(14-35)36-26-23(25(30)32-15-33-26)24(34-36)17-6-3-5-16(11-17)13-31-27(38)20-12-18(28)8-9-21(20)29;16-11-4-5-13(17)12(7-11)14(19)18-8-9-2-1-3-10(6-9)15(20)21/h2-3,5-6,8-9,11-12,15,19H,1,4,7,10,13-14H2,(H,31,38)(H2,30,32,33);1-7,20-21H,8H2,(H,18,19)/t19-;/m1./s1. The molecule has 1 aliphatic heterocycles. The Bertz CT molecular complexity index is 2540. The zero-order chi connectivity index (χ0) is 42.2. The van der Waals surface area contributed by atoms with Gasteiger partial charge in [0.15, 0.2) is 5.65 Å². The quantitative estimate of drug-likeness (QED) is 0.0768. The number of piperidine rings is 1. The first-order valence-electron chi connectivity index (χ1n) is 18.2. The summed E-state index contributed by atoms with van der Waals surface area (Å²) in [6.07, 6.45) is 4.31. The van der Waals surface area contributed by atoms with Gasteiger partial charge in [0.25, 0.3) is 11.8 Å². The minimum absolute atomic E-state index is 0.0509. The highest BCUT2D eigenvalue weighted by Crippen LogP contribution is 2.34. The SMILES string of the molecule is C=CC(=O)N1CCC[C@@H](n2nc(-c3cccc(CNC(=O)c4cc(F)ccc4F)c3)c3c(N)ncnc32)C1.O=C(NCc1cccc(B(O)O)c1)c1cc(F)ccc1F. The van der Waals surface area contributed by atoms with Gasteiger partial charge in [0, 0.05) is 31.7 Å². The number of halogens is 4. The van der Waals surface area contributed by atoms with Crippen LogP contribution in [0.2, 0.25) is 0 Å². The first-order chi connectivity index (χ1) is 28.3. The molecule has 59 heavy (non-hydrogen) atoms. The molecule has 3 heterocycles. The number of likely N-dealkylation sites (tertiary alicyclic amines) is 1. The van der Waals surface area contributed by atoms with Crippen LogP contribution in [0.4, 0.5) is 23.4 Å². The van der Waals surface area contributed by atoms with Gasteiger partial charge in [0.1, 0.15) is 41.1 Å². The summed E-state index contributed by atoms with van der Waals surface area (Å²) in [6, 6.07) is 18.8. The fraction of sp³-hybridized carbons (Fsp3) is 0.171. The molecule has 7 rings (SSSR count). The summed E-state index contributed by atoms with van der Waals surface area (Å²) < 4.78 is 55.7. The molecule has 3 amide bonds. The van der Waals surface area contributed by atoms with Gasteiger partial charge in [0.2, 0.25) is 5.91 Å². The van der Waals surface area contributed by atoms with Crippen LogP contribution in [0.15, 0.2) is 104 Å². The maximum Gasteiger partial charge on any atom is 0.488 e. The van der Waals surface area contributed by atoms with Crippen molar-refractivity contribution in [3.63, 3.8) is 0 Å². The minimum atomic E-state index is -1.61. The second kappa shape index (κ2) is 18.6. The zero-order valence-corrected chi connectivity index (χ0v) is 31.3. The summed E-state index contributed by atoms with van der Waals surface area (Å²) in [4.78, 5) is 46.8. The van der Waals surface area contributed by atoms with Gasteiger partial charge in [-0.2, -0.15) is 5.10 Å². The third kappa shape index (κ3) is 9.97. The molecule has 0 spiro atoms. The van der Waals surface area contributed by atoms with Crippen molar-refractivity contribution in [3.05, 3.63) is 149 Å². The summed E-state index contributed by atoms with van der Waals surface area (Å²) in [5.74, 6) is -4.35. The van der Waals surface area contributed by atoms with E-state index >= 15 is 0 Å². The van der Waals surface area contributed by atoms with Crippen LogP contribution in [0.5, 0.6) is 0 Å². The van der Waals surface area contributed by atoms with E-state index in [-0.39, 0.29) is 47.4 Å². The number of aromatic nitrogens is 4. The van der Waals surface area contributed by atoms with E-state index in [1.165, 1.54) is 24.5 Å². The van der Waals surface area contributed by atoms with Crippen LogP contribution >= 0.6 is 0 Å². The van der Waals surface area contributed by atoms with E-state index in [0.717, 1.165) is 49.2 Å². The molecule has 0 aliphatic carbocycles. The summed E-state index contributed by atoms with van der Waals surface area (Å²) >= 11 is 0. The van der Waals surface area contributed by atoms with Gasteiger partial charge >= 0.3 is 7.12 Å². The number of anilines is 1. The average molecular weight is 809 g/mol. The van der Waals surface area contributed by atoms with Crippen molar-refractivity contribution in [2.24, 2.45) is 0 Å². The first kappa shape index (κ1) is 41.7. The Hall–Kier alpha value is -6.92. The second-order valence-corrected chi connectivity index (χ2v) is 13.5. The van der Waals surface area contributed by atoms with Gasteiger partial charge in [-0.3, -0.25) is 14.4 Å². The molecule has 1 saturated heterocycles. The van der Waals surface area contributed by atoms with Gasteiger partial charge in [-0.15, -0.1) is 0 Å². The highest BCUT2D eigenvalue weighted by Gasteiger charge is 2.28. The minimum Gasteiger partial charge on any atom is -0.423 e. The Labute approximate surface area is 335 Å². The smallest absolute Gasteiger partial charge is 0.423 e. The summed E-state index contributed by atoms with van der Waals surface area (Å²) in [5.41, 5.74) is 8.94. The Kier molecular flexibility index (Phi) is 13.1. The molecular formula is C41H37BF4N8O5. The molecule has 18 heteroatoms. The lowest BCUT2D eigenvalue weighted by Gasteiger charge is -2.32. The number of rotatable bonds is 10. The molecule has 6 N–H and O–H groups in total. The number of nitrogen functional groups attached to an aromatic ring is 1. The molecule has 1 atom stereocenters. The van der Waals surface area contributed by atoms with E-state index in [1.807, 2.05) is 12.1 Å². The van der Waals surface area contributed by atoms with Crippen LogP contribution in [-0.2, 0) is 17.9 Å². The lowest BCUT2D eigenvalue weighted by molar-refractivity contribution is -0.127. The van der Waals surface area contributed by atoms with Gasteiger partial charge in [-0.05, 0) is 78.0 Å². The Morgan fingerprint density at radius 2 is 1.46 bits per heavy atom. The van der Waals surface area contributed by atoms with Crippen LogP contribution in [-0.4, -0.2) is 72.6 Å². The Morgan fingerprint density at radius 3 is 2.07 bits per heavy atom. The molecule has 4 aromatic carbocycles. The van der Waals surface area contributed by atoms with Crippen molar-refractivity contribution in [1.29, 1.82) is 0 Å². The van der Waals surface area contributed by atoms with Crippen molar-refractivity contribution in [3.8, 4) is 11.3 Å². The number of carbonyl (C=O) groups is 3. The van der Waals surface area contributed by atoms with Crippen LogP contribution in [0.3, 0.4) is 0 Å². The van der Waals surface area contributed by atoms with Gasteiger partial charge in [0.05, 0.1) is 22.6 Å². The van der Waals surface area contributed by atoms with Crippen molar-refractivity contribution >= 4 is 47.2 Å². The number of benzene rings is 4. The third-order valence-corrected chi connectivity index (χ3v) is 9.45. The molecule has 0 bridgehead atoms. The van der Waals surface area contributed by atoms with E-state index in [9.17, 15) is 31.9 Å². The van der Waals surface area contributed by atoms with Gasteiger partial charge in [-0.1, -0.05) is 49.0 Å². The largest absolute Gasteiger partial charge is 0.488 e. The highest BCUT2D eigenvalue weighted by molar-refractivity contribution is 6.58. The summed E-state index contributed by atoms with van der Waals surface area (Å²) in [7, 11) is -1.61. The molecule has 0 saturated carbocycles. The predicted molar refractivity (Wildman–Crippen MR) is 212 cm³/mol. The molecule has 0 unspecified atom stereocenters. The number of nitrogens with zero attached hydrogens (tertiary/aromatic N) is 5. The second-order valence-electron chi connectivity index (χ2n) is 13.5. The maximum atomic E-state index is 14.0. The Balaban J connectivity index is 0.000000236. The van der Waals surface area contributed by atoms with Crippen LogP contribution in [0, 0.1) is 23.3 Å². The molecule has 1 aliphatic rings.